The molecule has 4 aliphatic rings. The van der Waals surface area contributed by atoms with Crippen molar-refractivity contribution in [3.05, 3.63) is 245 Å². The van der Waals surface area contributed by atoms with Gasteiger partial charge in [0.05, 0.1) is 22.9 Å². The molecule has 2 heterocycles. The second kappa shape index (κ2) is 13.8. The van der Waals surface area contributed by atoms with E-state index >= 15 is 0 Å². The van der Waals surface area contributed by atoms with Gasteiger partial charge in [-0.2, -0.15) is 0 Å². The molecule has 12 rings (SSSR count). The number of hydrogen-bond acceptors (Lipinski definition) is 3. The van der Waals surface area contributed by atoms with E-state index in [-0.39, 0.29) is 22.8 Å². The van der Waals surface area contributed by atoms with Gasteiger partial charge in [-0.1, -0.05) is 209 Å². The number of allylic oxidation sites excluding steroid dienone is 5. The smallest absolute Gasteiger partial charge is 0.135 e. The summed E-state index contributed by atoms with van der Waals surface area (Å²) in [6, 6.07) is 61.8. The van der Waals surface area contributed by atoms with Gasteiger partial charge in [-0.05, 0) is 78.6 Å². The molecule has 296 valence electrons. The molecule has 0 saturated carbocycles. The molecule has 1 N–H and O–H groups in total. The lowest BCUT2D eigenvalue weighted by Gasteiger charge is -2.45. The summed E-state index contributed by atoms with van der Waals surface area (Å²) < 4.78 is 0. The van der Waals surface area contributed by atoms with E-state index in [0.717, 1.165) is 33.9 Å². The van der Waals surface area contributed by atoms with Gasteiger partial charge in [0.15, 0.2) is 0 Å². The summed E-state index contributed by atoms with van der Waals surface area (Å²) in [5.74, 6) is 0.962. The lowest BCUT2D eigenvalue weighted by atomic mass is 9.58. The first-order valence-electron chi connectivity index (χ1n) is 21.8. The first kappa shape index (κ1) is 36.5. The quantitative estimate of drug-likeness (QED) is 0.176. The Hall–Kier alpha value is -7.36. The number of rotatable bonds is 5. The number of aromatic nitrogens is 1. The summed E-state index contributed by atoms with van der Waals surface area (Å²) in [4.78, 5) is 10.9. The molecule has 3 atom stereocenters. The molecule has 0 spiro atoms. The van der Waals surface area contributed by atoms with E-state index in [1.807, 2.05) is 0 Å². The van der Waals surface area contributed by atoms with Gasteiger partial charge < -0.3 is 5.32 Å². The van der Waals surface area contributed by atoms with Crippen molar-refractivity contribution < 1.29 is 0 Å². The van der Waals surface area contributed by atoms with E-state index in [0.29, 0.717) is 0 Å². The fourth-order valence-corrected chi connectivity index (χ4v) is 11.1. The molecule has 7 aromatic carbocycles. The number of amidine groups is 1. The summed E-state index contributed by atoms with van der Waals surface area (Å²) in [6.07, 6.45) is 11.4. The van der Waals surface area contributed by atoms with Crippen LogP contribution in [-0.4, -0.2) is 10.8 Å². The number of fused-ring (bicyclic) bond motifs is 8. The summed E-state index contributed by atoms with van der Waals surface area (Å²) in [7, 11) is 0. The molecule has 0 bridgehead atoms. The highest BCUT2D eigenvalue weighted by atomic mass is 15.1. The average Bonchev–Trinajstić information content (AvgIpc) is 3.55. The van der Waals surface area contributed by atoms with Crippen LogP contribution in [0, 0.1) is 5.41 Å². The molecule has 0 radical (unpaired) electrons. The van der Waals surface area contributed by atoms with Crippen LogP contribution in [-0.2, 0) is 5.41 Å². The molecular formula is C59H45N3. The van der Waals surface area contributed by atoms with Crippen molar-refractivity contribution in [2.75, 3.05) is 0 Å². The van der Waals surface area contributed by atoms with Gasteiger partial charge in [0.1, 0.15) is 5.84 Å². The standard InChI is InChI=1S/C59H45N3/c1-58(2)46-27-15-14-26-45(46)56-55(58)51(53-42-23-11-10-18-37(42)33-34-48(53)60-56)40-29-31-41(32-30-40)54-44-25-13-12-24-43(44)52(47-28-16-17-35-59(47,54)3)57-61-49(38-19-6-4-7-20-38)36-50(62-57)39-21-8-5-9-22-39/h4-36,49,54H,1-3H3,(H,61,62). The molecule has 8 aromatic rings. The highest BCUT2D eigenvalue weighted by Crippen LogP contribution is 2.58. The largest absolute Gasteiger partial charge is 0.359 e. The number of benzene rings is 7. The molecule has 3 unspecified atom stereocenters. The highest BCUT2D eigenvalue weighted by molar-refractivity contribution is 6.27. The molecule has 1 aliphatic heterocycles. The third-order valence-electron chi connectivity index (χ3n) is 14.0. The third kappa shape index (κ3) is 5.44. The second-order valence-electron chi connectivity index (χ2n) is 17.9. The molecule has 3 aliphatic carbocycles. The van der Waals surface area contributed by atoms with Crippen molar-refractivity contribution in [2.45, 2.75) is 38.1 Å². The fraction of sp³-hybridized carbons (Fsp3) is 0.119. The Kier molecular flexibility index (Phi) is 8.14. The van der Waals surface area contributed by atoms with Gasteiger partial charge >= 0.3 is 0 Å². The van der Waals surface area contributed by atoms with Gasteiger partial charge in [0.25, 0.3) is 0 Å². The maximum atomic E-state index is 5.46. The average molecular weight is 796 g/mol. The first-order valence-corrected chi connectivity index (χ1v) is 21.8. The van der Waals surface area contributed by atoms with Crippen LogP contribution in [0.5, 0.6) is 0 Å². The van der Waals surface area contributed by atoms with E-state index in [1.165, 1.54) is 71.8 Å². The van der Waals surface area contributed by atoms with Crippen LogP contribution in [0.1, 0.15) is 71.7 Å². The van der Waals surface area contributed by atoms with Crippen LogP contribution in [0.25, 0.3) is 55.3 Å². The number of aliphatic imine (C=N–C) groups is 1. The van der Waals surface area contributed by atoms with E-state index in [9.17, 15) is 0 Å². The minimum absolute atomic E-state index is 0.0422. The number of nitrogens with one attached hydrogen (secondary N) is 1. The Morgan fingerprint density at radius 3 is 2.13 bits per heavy atom. The lowest BCUT2D eigenvalue weighted by Crippen LogP contribution is -2.38. The van der Waals surface area contributed by atoms with Crippen LogP contribution in [0.4, 0.5) is 0 Å². The predicted octanol–water partition coefficient (Wildman–Crippen LogP) is 14.2. The Balaban J connectivity index is 1.03. The summed E-state index contributed by atoms with van der Waals surface area (Å²) in [5, 5.41) is 7.61. The normalized spacial score (nSPS) is 20.5. The molecule has 3 nitrogen and oxygen atoms in total. The monoisotopic (exact) mass is 795 g/mol. The van der Waals surface area contributed by atoms with Crippen molar-refractivity contribution in [3.8, 4) is 22.4 Å². The van der Waals surface area contributed by atoms with Crippen LogP contribution in [0.3, 0.4) is 0 Å². The number of hydrogen-bond donors (Lipinski definition) is 1. The summed E-state index contributed by atoms with van der Waals surface area (Å²) in [5.41, 5.74) is 17.4. The van der Waals surface area contributed by atoms with E-state index in [2.05, 4.69) is 226 Å². The maximum Gasteiger partial charge on any atom is 0.135 e. The Morgan fingerprint density at radius 1 is 0.597 bits per heavy atom. The zero-order chi connectivity index (χ0) is 41.6. The second-order valence-corrected chi connectivity index (χ2v) is 17.9. The fourth-order valence-electron chi connectivity index (χ4n) is 11.1. The zero-order valence-electron chi connectivity index (χ0n) is 35.1. The van der Waals surface area contributed by atoms with Crippen molar-refractivity contribution >= 4 is 38.8 Å². The van der Waals surface area contributed by atoms with Gasteiger partial charge in [0.2, 0.25) is 0 Å². The van der Waals surface area contributed by atoms with Crippen molar-refractivity contribution in [3.63, 3.8) is 0 Å². The minimum atomic E-state index is -0.356. The highest BCUT2D eigenvalue weighted by Gasteiger charge is 2.46. The summed E-state index contributed by atoms with van der Waals surface area (Å²) in [6.45, 7) is 7.15. The van der Waals surface area contributed by atoms with Crippen molar-refractivity contribution in [2.24, 2.45) is 10.4 Å². The predicted molar refractivity (Wildman–Crippen MR) is 258 cm³/mol. The van der Waals surface area contributed by atoms with Gasteiger partial charge in [-0.3, -0.25) is 0 Å². The van der Waals surface area contributed by atoms with Crippen LogP contribution in [0.2, 0.25) is 0 Å². The topological polar surface area (TPSA) is 37.3 Å². The number of nitrogens with zero attached hydrogens (tertiary/aromatic N) is 2. The molecule has 62 heavy (non-hydrogen) atoms. The maximum absolute atomic E-state index is 5.46. The Bertz CT molecular complexity index is 3290. The molecule has 3 heteroatoms. The molecule has 0 amide bonds. The van der Waals surface area contributed by atoms with E-state index in [4.69, 9.17) is 9.98 Å². The number of pyridine rings is 1. The molecule has 1 aromatic heterocycles. The lowest BCUT2D eigenvalue weighted by molar-refractivity contribution is 0.449. The summed E-state index contributed by atoms with van der Waals surface area (Å²) >= 11 is 0. The SMILES string of the molecule is CC1(C)c2ccccc2-c2nc3ccc4ccccc4c3c(-c3ccc(C4c5ccccc5C(C5=NC(c6ccccc6)=CC(c6ccccc6)N5)=C5C=CC=CC54C)cc3)c21. The Morgan fingerprint density at radius 2 is 1.31 bits per heavy atom. The Labute approximate surface area is 363 Å². The minimum Gasteiger partial charge on any atom is -0.359 e. The molecule has 0 saturated heterocycles. The van der Waals surface area contributed by atoms with Crippen LogP contribution in [0.15, 0.2) is 211 Å². The first-order chi connectivity index (χ1) is 30.4. The molecular weight excluding hydrogens is 751 g/mol. The van der Waals surface area contributed by atoms with Crippen molar-refractivity contribution in [1.29, 1.82) is 0 Å². The van der Waals surface area contributed by atoms with E-state index < -0.39 is 0 Å². The van der Waals surface area contributed by atoms with E-state index in [1.54, 1.807) is 0 Å². The van der Waals surface area contributed by atoms with Gasteiger partial charge in [-0.15, -0.1) is 0 Å². The molecule has 0 fully saturated rings. The van der Waals surface area contributed by atoms with Crippen LogP contribution < -0.4 is 5.32 Å². The van der Waals surface area contributed by atoms with Gasteiger partial charge in [0, 0.05) is 33.3 Å². The third-order valence-corrected chi connectivity index (χ3v) is 14.0. The zero-order valence-corrected chi connectivity index (χ0v) is 35.1. The van der Waals surface area contributed by atoms with Gasteiger partial charge in [-0.25, -0.2) is 9.98 Å². The van der Waals surface area contributed by atoms with Crippen molar-refractivity contribution in [1.82, 2.24) is 10.3 Å². The van der Waals surface area contributed by atoms with Crippen LogP contribution >= 0.6 is 0 Å².